The highest BCUT2D eigenvalue weighted by molar-refractivity contribution is 7.13. The summed E-state index contributed by atoms with van der Waals surface area (Å²) in [5.41, 5.74) is 4.99. The molecule has 9 heteroatoms. The molecule has 0 spiro atoms. The van der Waals surface area contributed by atoms with Crippen LogP contribution in [0.2, 0.25) is 0 Å². The number of carbonyl (C=O) groups is 2. The fourth-order valence-corrected chi connectivity index (χ4v) is 3.28. The topological polar surface area (TPSA) is 93.1 Å². The monoisotopic (exact) mass is 402 g/mol. The van der Waals surface area contributed by atoms with E-state index in [1.807, 2.05) is 12.1 Å². The Morgan fingerprint density at radius 3 is 2.79 bits per heavy atom. The predicted molar refractivity (Wildman–Crippen MR) is 107 cm³/mol. The molecule has 1 aliphatic heterocycles. The molecule has 0 bridgehead atoms. The molecular weight excluding hydrogens is 380 g/mol. The molecule has 0 atom stereocenters. The summed E-state index contributed by atoms with van der Waals surface area (Å²) in [5, 5.41) is 6.53. The fourth-order valence-electron chi connectivity index (χ4n) is 2.62. The Kier molecular flexibility index (Phi) is 7.10. The quantitative estimate of drug-likeness (QED) is 0.433. The lowest BCUT2D eigenvalue weighted by Gasteiger charge is -2.26. The van der Waals surface area contributed by atoms with Crippen molar-refractivity contribution in [3.05, 3.63) is 46.5 Å². The SMILES string of the molecule is CCOC(=O)Cc1csc(NN=Cc2ccc(C(=O)N3CCOCC3)cc2)n1. The summed E-state index contributed by atoms with van der Waals surface area (Å²) >= 11 is 1.36. The van der Waals surface area contributed by atoms with Gasteiger partial charge in [0.15, 0.2) is 0 Å². The van der Waals surface area contributed by atoms with Gasteiger partial charge in [-0.2, -0.15) is 5.10 Å². The van der Waals surface area contributed by atoms with Crippen LogP contribution in [0.1, 0.15) is 28.5 Å². The van der Waals surface area contributed by atoms with Crippen LogP contribution in [0.5, 0.6) is 0 Å². The first-order valence-electron chi connectivity index (χ1n) is 9.02. The number of carbonyl (C=O) groups excluding carboxylic acids is 2. The molecule has 2 aromatic rings. The van der Waals surface area contributed by atoms with Gasteiger partial charge in [-0.05, 0) is 24.6 Å². The van der Waals surface area contributed by atoms with E-state index in [0.29, 0.717) is 49.3 Å². The van der Waals surface area contributed by atoms with E-state index in [2.05, 4.69) is 15.5 Å². The summed E-state index contributed by atoms with van der Waals surface area (Å²) in [5.74, 6) is -0.281. The summed E-state index contributed by atoms with van der Waals surface area (Å²) in [6, 6.07) is 7.26. The van der Waals surface area contributed by atoms with Crippen molar-refractivity contribution in [1.82, 2.24) is 9.88 Å². The Bertz CT molecular complexity index is 829. The van der Waals surface area contributed by atoms with Gasteiger partial charge in [-0.15, -0.1) is 11.3 Å². The maximum atomic E-state index is 12.4. The average molecular weight is 402 g/mol. The van der Waals surface area contributed by atoms with Crippen molar-refractivity contribution in [1.29, 1.82) is 0 Å². The van der Waals surface area contributed by atoms with E-state index in [1.54, 1.807) is 35.6 Å². The molecule has 1 fully saturated rings. The van der Waals surface area contributed by atoms with E-state index >= 15 is 0 Å². The number of aromatic nitrogens is 1. The van der Waals surface area contributed by atoms with Gasteiger partial charge in [0.05, 0.1) is 38.1 Å². The number of nitrogens with one attached hydrogen (secondary N) is 1. The fraction of sp³-hybridized carbons (Fsp3) is 0.368. The molecule has 0 radical (unpaired) electrons. The van der Waals surface area contributed by atoms with Crippen LogP contribution in [-0.2, 0) is 20.7 Å². The predicted octanol–water partition coefficient (Wildman–Crippen LogP) is 2.17. The van der Waals surface area contributed by atoms with Gasteiger partial charge in [0.25, 0.3) is 5.91 Å². The van der Waals surface area contributed by atoms with E-state index in [-0.39, 0.29) is 18.3 Å². The number of anilines is 1. The first kappa shape index (κ1) is 20.0. The van der Waals surface area contributed by atoms with Crippen LogP contribution in [0.4, 0.5) is 5.13 Å². The molecule has 1 amide bonds. The van der Waals surface area contributed by atoms with Crippen molar-refractivity contribution in [3.63, 3.8) is 0 Å². The molecule has 1 N–H and O–H groups in total. The van der Waals surface area contributed by atoms with Crippen LogP contribution in [0.3, 0.4) is 0 Å². The van der Waals surface area contributed by atoms with E-state index in [0.717, 1.165) is 5.56 Å². The Balaban J connectivity index is 1.51. The molecule has 148 valence electrons. The summed E-state index contributed by atoms with van der Waals surface area (Å²) in [4.78, 5) is 30.0. The van der Waals surface area contributed by atoms with Crippen molar-refractivity contribution in [2.45, 2.75) is 13.3 Å². The van der Waals surface area contributed by atoms with Gasteiger partial charge >= 0.3 is 5.97 Å². The van der Waals surface area contributed by atoms with Gasteiger partial charge in [-0.3, -0.25) is 15.0 Å². The number of hydrazone groups is 1. The van der Waals surface area contributed by atoms with Gasteiger partial charge in [0.2, 0.25) is 5.13 Å². The van der Waals surface area contributed by atoms with Gasteiger partial charge < -0.3 is 14.4 Å². The Morgan fingerprint density at radius 2 is 2.07 bits per heavy atom. The van der Waals surface area contributed by atoms with E-state index < -0.39 is 0 Å². The Labute approximate surface area is 167 Å². The normalized spacial score (nSPS) is 14.2. The number of amides is 1. The highest BCUT2D eigenvalue weighted by Gasteiger charge is 2.18. The highest BCUT2D eigenvalue weighted by atomic mass is 32.1. The van der Waals surface area contributed by atoms with Crippen LogP contribution in [0, 0.1) is 0 Å². The number of morpholine rings is 1. The minimum atomic E-state index is -0.297. The van der Waals surface area contributed by atoms with Crippen LogP contribution in [-0.4, -0.2) is 60.9 Å². The van der Waals surface area contributed by atoms with Crippen molar-refractivity contribution in [2.24, 2.45) is 5.10 Å². The number of ether oxygens (including phenoxy) is 2. The first-order chi connectivity index (χ1) is 13.7. The molecule has 1 aliphatic rings. The van der Waals surface area contributed by atoms with Gasteiger partial charge in [-0.25, -0.2) is 4.98 Å². The van der Waals surface area contributed by atoms with Crippen molar-refractivity contribution in [2.75, 3.05) is 38.3 Å². The molecule has 0 saturated carbocycles. The summed E-state index contributed by atoms with van der Waals surface area (Å²) < 4.78 is 10.2. The summed E-state index contributed by atoms with van der Waals surface area (Å²) in [6.07, 6.45) is 1.80. The zero-order valence-electron chi connectivity index (χ0n) is 15.6. The van der Waals surface area contributed by atoms with E-state index in [9.17, 15) is 9.59 Å². The van der Waals surface area contributed by atoms with Crippen LogP contribution in [0.15, 0.2) is 34.7 Å². The largest absolute Gasteiger partial charge is 0.466 e. The number of rotatable bonds is 7. The molecular formula is C19H22N4O4S. The van der Waals surface area contributed by atoms with E-state index in [1.165, 1.54) is 11.3 Å². The number of hydrogen-bond acceptors (Lipinski definition) is 8. The third-order valence-electron chi connectivity index (χ3n) is 4.01. The van der Waals surface area contributed by atoms with Crippen LogP contribution >= 0.6 is 11.3 Å². The molecule has 0 aliphatic carbocycles. The second-order valence-electron chi connectivity index (χ2n) is 6.02. The molecule has 8 nitrogen and oxygen atoms in total. The molecule has 1 aromatic heterocycles. The Hall–Kier alpha value is -2.78. The lowest BCUT2D eigenvalue weighted by molar-refractivity contribution is -0.142. The van der Waals surface area contributed by atoms with Crippen molar-refractivity contribution < 1.29 is 19.1 Å². The minimum absolute atomic E-state index is 0.0156. The zero-order valence-corrected chi connectivity index (χ0v) is 16.4. The maximum absolute atomic E-state index is 12.4. The molecule has 2 heterocycles. The van der Waals surface area contributed by atoms with E-state index in [4.69, 9.17) is 9.47 Å². The lowest BCUT2D eigenvalue weighted by Crippen LogP contribution is -2.40. The van der Waals surface area contributed by atoms with Crippen LogP contribution in [0.25, 0.3) is 0 Å². The smallest absolute Gasteiger partial charge is 0.311 e. The molecule has 3 rings (SSSR count). The average Bonchev–Trinajstić information content (AvgIpc) is 3.16. The maximum Gasteiger partial charge on any atom is 0.311 e. The highest BCUT2D eigenvalue weighted by Crippen LogP contribution is 2.16. The standard InChI is InChI=1S/C19H22N4O4S/c1-2-27-17(24)11-16-13-28-19(21-16)22-20-12-14-3-5-15(6-4-14)18(25)23-7-9-26-10-8-23/h3-6,12-13H,2,7-11H2,1H3,(H,21,22). The second kappa shape index (κ2) is 9.95. The molecule has 0 unspecified atom stereocenters. The van der Waals surface area contributed by atoms with Crippen LogP contribution < -0.4 is 5.43 Å². The van der Waals surface area contributed by atoms with Gasteiger partial charge in [0, 0.05) is 24.0 Å². The number of hydrogen-bond donors (Lipinski definition) is 1. The van der Waals surface area contributed by atoms with Crippen molar-refractivity contribution >= 4 is 34.6 Å². The Morgan fingerprint density at radius 1 is 1.32 bits per heavy atom. The zero-order chi connectivity index (χ0) is 19.8. The summed E-state index contributed by atoms with van der Waals surface area (Å²) in [6.45, 7) is 4.54. The van der Waals surface area contributed by atoms with Gasteiger partial charge in [0.1, 0.15) is 0 Å². The van der Waals surface area contributed by atoms with Crippen molar-refractivity contribution in [3.8, 4) is 0 Å². The first-order valence-corrected chi connectivity index (χ1v) is 9.90. The lowest BCUT2D eigenvalue weighted by atomic mass is 10.1. The number of benzene rings is 1. The minimum Gasteiger partial charge on any atom is -0.466 e. The second-order valence-corrected chi connectivity index (χ2v) is 6.88. The third-order valence-corrected chi connectivity index (χ3v) is 4.81. The summed E-state index contributed by atoms with van der Waals surface area (Å²) in [7, 11) is 0. The number of thiazole rings is 1. The number of esters is 1. The molecule has 1 saturated heterocycles. The third kappa shape index (κ3) is 5.61. The van der Waals surface area contributed by atoms with Gasteiger partial charge in [-0.1, -0.05) is 12.1 Å². The molecule has 1 aromatic carbocycles. The number of nitrogens with zero attached hydrogens (tertiary/aromatic N) is 3. The molecule has 28 heavy (non-hydrogen) atoms.